The van der Waals surface area contributed by atoms with Gasteiger partial charge in [-0.05, 0) is 37.1 Å². The maximum atomic E-state index is 5.46. The lowest BCUT2D eigenvalue weighted by Crippen LogP contribution is -1.99. The summed E-state index contributed by atoms with van der Waals surface area (Å²) in [6.07, 6.45) is 5.88. The summed E-state index contributed by atoms with van der Waals surface area (Å²) < 4.78 is 0. The molecule has 0 aliphatic carbocycles. The number of nitrogens with two attached hydrogens (primary N) is 1. The van der Waals surface area contributed by atoms with E-state index in [-0.39, 0.29) is 24.8 Å². The van der Waals surface area contributed by atoms with Crippen LogP contribution < -0.4 is 5.73 Å². The van der Waals surface area contributed by atoms with Crippen molar-refractivity contribution in [3.05, 3.63) is 30.1 Å². The molecule has 3 N–H and O–H groups in total. The largest absolute Gasteiger partial charge is 0.346 e. The molecule has 0 aliphatic heterocycles. The van der Waals surface area contributed by atoms with Crippen LogP contribution in [0.15, 0.2) is 24.5 Å². The molecule has 0 spiro atoms. The summed E-state index contributed by atoms with van der Waals surface area (Å²) in [5.74, 6) is 0. The number of aryl methyl sites for hydroxylation is 1. The summed E-state index contributed by atoms with van der Waals surface area (Å²) in [7, 11) is 0. The molecule has 0 aromatic carbocycles. The van der Waals surface area contributed by atoms with Crippen LogP contribution in [-0.2, 0) is 6.42 Å². The third-order valence-electron chi connectivity index (χ3n) is 2.19. The third kappa shape index (κ3) is 3.09. The third-order valence-corrected chi connectivity index (χ3v) is 2.19. The van der Waals surface area contributed by atoms with Gasteiger partial charge in [-0.1, -0.05) is 0 Å². The molecule has 0 unspecified atom stereocenters. The molecule has 2 heterocycles. The Hall–Kier alpha value is -0.770. The first-order valence-corrected chi connectivity index (χ1v) is 4.53. The van der Waals surface area contributed by atoms with Crippen LogP contribution in [0.2, 0.25) is 0 Å². The van der Waals surface area contributed by atoms with Crippen molar-refractivity contribution in [1.29, 1.82) is 0 Å². The van der Waals surface area contributed by atoms with Gasteiger partial charge in [-0.3, -0.25) is 0 Å². The molecule has 0 saturated heterocycles. The van der Waals surface area contributed by atoms with Gasteiger partial charge in [0, 0.05) is 17.8 Å². The van der Waals surface area contributed by atoms with E-state index in [4.69, 9.17) is 5.73 Å². The Morgan fingerprint density at radius 2 is 2.13 bits per heavy atom. The van der Waals surface area contributed by atoms with Crippen molar-refractivity contribution < 1.29 is 0 Å². The van der Waals surface area contributed by atoms with Gasteiger partial charge in [0.05, 0.1) is 0 Å². The van der Waals surface area contributed by atoms with E-state index in [1.165, 1.54) is 10.9 Å². The number of pyridine rings is 1. The molecule has 15 heavy (non-hydrogen) atoms. The molecular formula is C10H15Cl2N3. The number of aromatic nitrogens is 2. The minimum atomic E-state index is 0. The molecule has 0 saturated carbocycles. The average molecular weight is 248 g/mol. The fourth-order valence-corrected chi connectivity index (χ4v) is 1.51. The second-order valence-electron chi connectivity index (χ2n) is 3.11. The van der Waals surface area contributed by atoms with E-state index < -0.39 is 0 Å². The molecule has 0 bridgehead atoms. The molecule has 84 valence electrons. The number of nitrogens with one attached hydrogen (secondary N) is 1. The van der Waals surface area contributed by atoms with Crippen molar-refractivity contribution in [2.75, 3.05) is 6.54 Å². The number of H-pyrrole nitrogens is 1. The van der Waals surface area contributed by atoms with Crippen molar-refractivity contribution in [3.8, 4) is 0 Å². The molecule has 0 fully saturated rings. The smallest absolute Gasteiger partial charge is 0.137 e. The van der Waals surface area contributed by atoms with Crippen LogP contribution in [0.4, 0.5) is 0 Å². The van der Waals surface area contributed by atoms with E-state index in [1.807, 2.05) is 12.3 Å². The quantitative estimate of drug-likeness (QED) is 0.875. The molecule has 2 rings (SSSR count). The average Bonchev–Trinajstić information content (AvgIpc) is 2.58. The highest BCUT2D eigenvalue weighted by Crippen LogP contribution is 2.16. The van der Waals surface area contributed by atoms with Crippen molar-refractivity contribution in [1.82, 2.24) is 9.97 Å². The molecule has 0 radical (unpaired) electrons. The Labute approximate surface area is 101 Å². The van der Waals surface area contributed by atoms with Crippen molar-refractivity contribution >= 4 is 35.8 Å². The summed E-state index contributed by atoms with van der Waals surface area (Å²) in [5, 5.41) is 1.22. The summed E-state index contributed by atoms with van der Waals surface area (Å²) in [4.78, 5) is 7.37. The molecule has 0 aliphatic rings. The minimum Gasteiger partial charge on any atom is -0.346 e. The Balaban J connectivity index is 0.000000980. The minimum absolute atomic E-state index is 0. The standard InChI is InChI=1S/C10H13N3.2ClH/c11-5-1-3-8-7-13-10-9(8)4-2-6-12-10;;/h2,4,6-7H,1,3,5,11H2,(H,12,13);2*1H. The monoisotopic (exact) mass is 247 g/mol. The molecule has 0 amide bonds. The summed E-state index contributed by atoms with van der Waals surface area (Å²) in [6, 6.07) is 4.05. The number of halogens is 2. The van der Waals surface area contributed by atoms with Crippen LogP contribution in [-0.4, -0.2) is 16.5 Å². The zero-order chi connectivity index (χ0) is 9.10. The first-order chi connectivity index (χ1) is 6.42. The van der Waals surface area contributed by atoms with Crippen molar-refractivity contribution in [2.45, 2.75) is 12.8 Å². The fraction of sp³-hybridized carbons (Fsp3) is 0.300. The lowest BCUT2D eigenvalue weighted by molar-refractivity contribution is 0.837. The first-order valence-electron chi connectivity index (χ1n) is 4.53. The van der Waals surface area contributed by atoms with E-state index >= 15 is 0 Å². The number of aromatic amines is 1. The summed E-state index contributed by atoms with van der Waals surface area (Å²) >= 11 is 0. The highest BCUT2D eigenvalue weighted by Gasteiger charge is 2.01. The van der Waals surface area contributed by atoms with Gasteiger partial charge < -0.3 is 10.7 Å². The Kier molecular flexibility index (Phi) is 6.32. The van der Waals surface area contributed by atoms with Crippen molar-refractivity contribution in [3.63, 3.8) is 0 Å². The fourth-order valence-electron chi connectivity index (χ4n) is 1.51. The van der Waals surface area contributed by atoms with Gasteiger partial charge in [0.25, 0.3) is 0 Å². The zero-order valence-corrected chi connectivity index (χ0v) is 9.90. The Morgan fingerprint density at radius 3 is 2.87 bits per heavy atom. The Morgan fingerprint density at radius 1 is 1.33 bits per heavy atom. The highest BCUT2D eigenvalue weighted by atomic mass is 35.5. The number of rotatable bonds is 3. The molecule has 2 aromatic heterocycles. The van der Waals surface area contributed by atoms with Gasteiger partial charge in [-0.2, -0.15) is 0 Å². The van der Waals surface area contributed by atoms with Gasteiger partial charge in [0.15, 0.2) is 0 Å². The highest BCUT2D eigenvalue weighted by molar-refractivity contribution is 5.85. The van der Waals surface area contributed by atoms with E-state index in [0.717, 1.165) is 25.0 Å². The lowest BCUT2D eigenvalue weighted by Gasteiger charge is -1.95. The van der Waals surface area contributed by atoms with E-state index in [1.54, 1.807) is 6.20 Å². The van der Waals surface area contributed by atoms with Crippen LogP contribution in [0.5, 0.6) is 0 Å². The lowest BCUT2D eigenvalue weighted by atomic mass is 10.1. The topological polar surface area (TPSA) is 54.7 Å². The first kappa shape index (κ1) is 14.2. The van der Waals surface area contributed by atoms with Gasteiger partial charge >= 0.3 is 0 Å². The second kappa shape index (κ2) is 6.67. The Bertz CT molecular complexity index is 400. The van der Waals surface area contributed by atoms with Crippen LogP contribution in [0.25, 0.3) is 11.0 Å². The number of nitrogens with zero attached hydrogens (tertiary/aromatic N) is 1. The van der Waals surface area contributed by atoms with Gasteiger partial charge in [-0.25, -0.2) is 4.98 Å². The van der Waals surface area contributed by atoms with Crippen LogP contribution in [0, 0.1) is 0 Å². The predicted octanol–water partition coefficient (Wildman–Crippen LogP) is 2.30. The molecular weight excluding hydrogens is 233 g/mol. The van der Waals surface area contributed by atoms with Crippen molar-refractivity contribution in [2.24, 2.45) is 5.73 Å². The predicted molar refractivity (Wildman–Crippen MR) is 68.0 cm³/mol. The van der Waals surface area contributed by atoms with Gasteiger partial charge in [0.1, 0.15) is 5.65 Å². The number of hydrogen-bond donors (Lipinski definition) is 2. The second-order valence-corrected chi connectivity index (χ2v) is 3.11. The normalized spacial score (nSPS) is 9.40. The van der Waals surface area contributed by atoms with Gasteiger partial charge in [0.2, 0.25) is 0 Å². The van der Waals surface area contributed by atoms with E-state index in [0.29, 0.717) is 0 Å². The molecule has 5 heteroatoms. The van der Waals surface area contributed by atoms with Crippen LogP contribution in [0.3, 0.4) is 0 Å². The SMILES string of the molecule is Cl.Cl.NCCCc1c[nH]c2ncccc12. The molecule has 3 nitrogen and oxygen atoms in total. The summed E-state index contributed by atoms with van der Waals surface area (Å²) in [6.45, 7) is 0.743. The molecule has 0 atom stereocenters. The summed E-state index contributed by atoms with van der Waals surface area (Å²) in [5.41, 5.74) is 7.74. The maximum Gasteiger partial charge on any atom is 0.137 e. The van der Waals surface area contributed by atoms with Gasteiger partial charge in [-0.15, -0.1) is 24.8 Å². The van der Waals surface area contributed by atoms with Crippen LogP contribution in [0.1, 0.15) is 12.0 Å². The molecule has 2 aromatic rings. The zero-order valence-electron chi connectivity index (χ0n) is 8.27. The van der Waals surface area contributed by atoms with E-state index in [9.17, 15) is 0 Å². The van der Waals surface area contributed by atoms with E-state index in [2.05, 4.69) is 16.0 Å². The maximum absolute atomic E-state index is 5.46. The van der Waals surface area contributed by atoms with Crippen LogP contribution >= 0.6 is 24.8 Å². The number of fused-ring (bicyclic) bond motifs is 1. The number of hydrogen-bond acceptors (Lipinski definition) is 2.